The highest BCUT2D eigenvalue weighted by Gasteiger charge is 2.17. The number of rotatable bonds is 5. The largest absolute Gasteiger partial charge is 0.467 e. The van der Waals surface area contributed by atoms with E-state index in [2.05, 4.69) is 15.7 Å². The number of hydrogen-bond donors (Lipinski definition) is 2. The van der Waals surface area contributed by atoms with Crippen molar-refractivity contribution in [2.75, 3.05) is 25.2 Å². The van der Waals surface area contributed by atoms with Crippen LogP contribution in [-0.2, 0) is 22.6 Å². The van der Waals surface area contributed by atoms with Crippen LogP contribution in [0.15, 0.2) is 53.5 Å². The highest BCUT2D eigenvalue weighted by Crippen LogP contribution is 2.20. The zero-order chi connectivity index (χ0) is 19.1. The first kappa shape index (κ1) is 18.5. The minimum Gasteiger partial charge on any atom is -0.467 e. The van der Waals surface area contributed by atoms with Crippen molar-refractivity contribution in [3.63, 3.8) is 0 Å². The van der Waals surface area contributed by atoms with E-state index in [-0.39, 0.29) is 13.2 Å². The third-order valence-corrected chi connectivity index (χ3v) is 3.96. The Kier molecular flexibility index (Phi) is 6.09. The number of aliphatic imine (C=N–C) groups is 1. The van der Waals surface area contributed by atoms with Gasteiger partial charge in [0.15, 0.2) is 0 Å². The van der Waals surface area contributed by atoms with E-state index in [0.717, 1.165) is 5.56 Å². The van der Waals surface area contributed by atoms with Crippen molar-refractivity contribution >= 4 is 17.8 Å². The fourth-order valence-corrected chi connectivity index (χ4v) is 2.58. The van der Waals surface area contributed by atoms with Crippen LogP contribution in [0.2, 0.25) is 0 Å². The Balaban J connectivity index is 1.52. The standard InChI is InChI=1S/C19H21FN4O3/c1-26-18-21-9-10-24(23-18)17-8-7-15(11-16(17)20)12-22-19(25)27-13-14-5-3-2-4-6-14/h2-8,11H,9-10,12-13H2,1H3,(H,21,23)(H,22,25). The average Bonchev–Trinajstić information content (AvgIpc) is 2.71. The summed E-state index contributed by atoms with van der Waals surface area (Å²) in [5, 5.41) is 4.25. The van der Waals surface area contributed by atoms with E-state index < -0.39 is 11.9 Å². The van der Waals surface area contributed by atoms with Gasteiger partial charge in [0, 0.05) is 6.54 Å². The maximum Gasteiger partial charge on any atom is 0.407 e. The van der Waals surface area contributed by atoms with Crippen molar-refractivity contribution in [1.82, 2.24) is 10.7 Å². The molecule has 2 aromatic rings. The molecule has 0 aliphatic carbocycles. The molecule has 8 heteroatoms. The molecule has 1 aliphatic rings. The van der Waals surface area contributed by atoms with Gasteiger partial charge in [-0.05, 0) is 23.3 Å². The zero-order valence-corrected chi connectivity index (χ0v) is 14.9. The van der Waals surface area contributed by atoms with Crippen molar-refractivity contribution < 1.29 is 18.7 Å². The summed E-state index contributed by atoms with van der Waals surface area (Å²) in [5.74, 6) is -0.406. The molecule has 2 aromatic carbocycles. The van der Waals surface area contributed by atoms with Gasteiger partial charge < -0.3 is 14.8 Å². The number of benzene rings is 2. The van der Waals surface area contributed by atoms with Crippen LogP contribution in [0.1, 0.15) is 11.1 Å². The molecule has 0 saturated heterocycles. The smallest absolute Gasteiger partial charge is 0.407 e. The number of nitrogens with one attached hydrogen (secondary N) is 2. The van der Waals surface area contributed by atoms with Gasteiger partial charge in [0.25, 0.3) is 0 Å². The van der Waals surface area contributed by atoms with Gasteiger partial charge in [0.1, 0.15) is 12.4 Å². The lowest BCUT2D eigenvalue weighted by atomic mass is 10.2. The molecule has 0 bridgehead atoms. The van der Waals surface area contributed by atoms with E-state index in [1.54, 1.807) is 17.1 Å². The number of nitrogens with zero attached hydrogens (tertiary/aromatic N) is 2. The summed E-state index contributed by atoms with van der Waals surface area (Å²) in [4.78, 5) is 15.9. The lowest BCUT2D eigenvalue weighted by Crippen LogP contribution is -2.48. The Labute approximate surface area is 156 Å². The molecule has 7 nitrogen and oxygen atoms in total. The lowest BCUT2D eigenvalue weighted by molar-refractivity contribution is 0.139. The number of alkyl carbamates (subject to hydrolysis) is 1. The van der Waals surface area contributed by atoms with E-state index >= 15 is 0 Å². The summed E-state index contributed by atoms with van der Waals surface area (Å²) in [6.07, 6.45) is -0.554. The highest BCUT2D eigenvalue weighted by molar-refractivity contribution is 5.76. The molecule has 0 radical (unpaired) electrons. The molecule has 0 saturated carbocycles. The maximum atomic E-state index is 14.5. The van der Waals surface area contributed by atoms with Crippen LogP contribution in [0.4, 0.5) is 14.9 Å². The van der Waals surface area contributed by atoms with Crippen molar-refractivity contribution in [1.29, 1.82) is 0 Å². The second-order valence-electron chi connectivity index (χ2n) is 5.86. The van der Waals surface area contributed by atoms with Crippen LogP contribution in [0.25, 0.3) is 0 Å². The third kappa shape index (κ3) is 5.10. The Morgan fingerprint density at radius 3 is 2.81 bits per heavy atom. The molecule has 3 rings (SSSR count). The molecular weight excluding hydrogens is 351 g/mol. The van der Waals surface area contributed by atoms with Gasteiger partial charge in [0.2, 0.25) is 0 Å². The van der Waals surface area contributed by atoms with Gasteiger partial charge in [-0.25, -0.2) is 14.2 Å². The molecule has 1 aliphatic heterocycles. The van der Waals surface area contributed by atoms with Crippen LogP contribution < -0.4 is 15.8 Å². The van der Waals surface area contributed by atoms with E-state index in [0.29, 0.717) is 30.4 Å². The van der Waals surface area contributed by atoms with E-state index in [4.69, 9.17) is 9.47 Å². The molecule has 27 heavy (non-hydrogen) atoms. The van der Waals surface area contributed by atoms with Crippen molar-refractivity contribution in [3.05, 3.63) is 65.5 Å². The van der Waals surface area contributed by atoms with Crippen LogP contribution >= 0.6 is 0 Å². The molecule has 0 aromatic heterocycles. The van der Waals surface area contributed by atoms with Gasteiger partial charge in [-0.2, -0.15) is 0 Å². The van der Waals surface area contributed by atoms with E-state index in [9.17, 15) is 9.18 Å². The van der Waals surface area contributed by atoms with Crippen LogP contribution in [0.3, 0.4) is 0 Å². The topological polar surface area (TPSA) is 75.2 Å². The van der Waals surface area contributed by atoms with Gasteiger partial charge in [0.05, 0.1) is 25.9 Å². The summed E-state index contributed by atoms with van der Waals surface area (Å²) in [7, 11) is 1.50. The van der Waals surface area contributed by atoms with Crippen molar-refractivity contribution in [2.45, 2.75) is 13.2 Å². The van der Waals surface area contributed by atoms with Gasteiger partial charge in [-0.3, -0.25) is 10.4 Å². The molecule has 2 N–H and O–H groups in total. The Morgan fingerprint density at radius 1 is 1.26 bits per heavy atom. The SMILES string of the molecule is COC1=NCCN(c2ccc(CNC(=O)OCc3ccccc3)cc2F)N1. The highest BCUT2D eigenvalue weighted by atomic mass is 19.1. The van der Waals surface area contributed by atoms with E-state index in [1.807, 2.05) is 30.3 Å². The number of methoxy groups -OCH3 is 1. The number of amides is 1. The molecule has 0 spiro atoms. The average molecular weight is 372 g/mol. The molecule has 142 valence electrons. The fraction of sp³-hybridized carbons (Fsp3) is 0.263. The summed E-state index contributed by atoms with van der Waals surface area (Å²) in [5.41, 5.74) is 4.81. The predicted octanol–water partition coefficient (Wildman–Crippen LogP) is 2.58. The molecular formula is C19H21FN4O3. The minimum atomic E-state index is -0.554. The number of amidine groups is 1. The third-order valence-electron chi connectivity index (χ3n) is 3.96. The zero-order valence-electron chi connectivity index (χ0n) is 14.9. The molecule has 0 atom stereocenters. The molecule has 1 amide bonds. The molecule has 0 unspecified atom stereocenters. The quantitative estimate of drug-likeness (QED) is 0.844. The number of hydrogen-bond acceptors (Lipinski definition) is 6. The minimum absolute atomic E-state index is 0.170. The number of carbonyl (C=O) groups excluding carboxylic acids is 1. The van der Waals surface area contributed by atoms with Crippen molar-refractivity contribution in [3.8, 4) is 0 Å². The maximum absolute atomic E-state index is 14.5. The van der Waals surface area contributed by atoms with Crippen molar-refractivity contribution in [2.24, 2.45) is 4.99 Å². The predicted molar refractivity (Wildman–Crippen MR) is 99.7 cm³/mol. The Bertz CT molecular complexity index is 814. The van der Waals surface area contributed by atoms with Crippen LogP contribution in [0, 0.1) is 5.82 Å². The second-order valence-corrected chi connectivity index (χ2v) is 5.86. The molecule has 0 fully saturated rings. The summed E-state index contributed by atoms with van der Waals surface area (Å²) < 4.78 is 24.6. The monoisotopic (exact) mass is 372 g/mol. The Hall–Kier alpha value is -3.29. The fourth-order valence-electron chi connectivity index (χ4n) is 2.58. The van der Waals surface area contributed by atoms with E-state index in [1.165, 1.54) is 13.2 Å². The number of anilines is 1. The van der Waals surface area contributed by atoms with Crippen LogP contribution in [0.5, 0.6) is 0 Å². The van der Waals surface area contributed by atoms with Gasteiger partial charge in [-0.1, -0.05) is 36.4 Å². The normalized spacial score (nSPS) is 13.4. The number of hydrazine groups is 1. The first-order chi connectivity index (χ1) is 13.2. The molecule has 1 heterocycles. The lowest BCUT2D eigenvalue weighted by Gasteiger charge is -2.29. The first-order valence-electron chi connectivity index (χ1n) is 8.51. The van der Waals surface area contributed by atoms with Gasteiger partial charge in [-0.15, -0.1) is 0 Å². The summed E-state index contributed by atoms with van der Waals surface area (Å²) in [6.45, 7) is 1.38. The second kappa shape index (κ2) is 8.88. The van der Waals surface area contributed by atoms with Gasteiger partial charge >= 0.3 is 12.1 Å². The number of carbonyl (C=O) groups is 1. The number of ether oxygens (including phenoxy) is 2. The summed E-state index contributed by atoms with van der Waals surface area (Å²) >= 11 is 0. The van der Waals surface area contributed by atoms with Crippen LogP contribution in [-0.4, -0.2) is 32.3 Å². The Morgan fingerprint density at radius 2 is 2.07 bits per heavy atom. The summed E-state index contributed by atoms with van der Waals surface area (Å²) in [6, 6.07) is 14.5. The first-order valence-corrected chi connectivity index (χ1v) is 8.51. The number of halogens is 1.